The molecule has 0 spiro atoms. The van der Waals surface area contributed by atoms with E-state index >= 15 is 0 Å². The number of hydrogen-bond donors (Lipinski definition) is 0. The molecule has 0 radical (unpaired) electrons. The van der Waals surface area contributed by atoms with Crippen molar-refractivity contribution in [1.29, 1.82) is 0 Å². The first-order valence-corrected chi connectivity index (χ1v) is 7.21. The number of ether oxygens (including phenoxy) is 3. The molecule has 5 nitrogen and oxygen atoms in total. The summed E-state index contributed by atoms with van der Waals surface area (Å²) in [6, 6.07) is 7.90. The Kier molecular flexibility index (Phi) is 4.22. The molecule has 112 valence electrons. The first kappa shape index (κ1) is 14.1. The molecule has 1 aliphatic heterocycles. The molecule has 2 aromatic rings. The van der Waals surface area contributed by atoms with Gasteiger partial charge in [-0.3, -0.25) is 0 Å². The molecule has 0 amide bonds. The van der Waals surface area contributed by atoms with E-state index in [1.54, 1.807) is 13.3 Å². The second-order valence-corrected chi connectivity index (χ2v) is 5.08. The summed E-state index contributed by atoms with van der Waals surface area (Å²) in [5.74, 6) is 0.161. The Morgan fingerprint density at radius 2 is 2.00 bits per heavy atom. The van der Waals surface area contributed by atoms with Gasteiger partial charge in [0.1, 0.15) is 5.75 Å². The zero-order chi connectivity index (χ0) is 14.5. The van der Waals surface area contributed by atoms with Crippen molar-refractivity contribution in [2.75, 3.05) is 20.3 Å². The number of nitrogens with zero attached hydrogens (tertiary/aromatic N) is 2. The summed E-state index contributed by atoms with van der Waals surface area (Å²) in [7, 11) is 1.66. The predicted molar refractivity (Wildman–Crippen MR) is 78.0 cm³/mol. The quantitative estimate of drug-likeness (QED) is 0.848. The highest BCUT2D eigenvalue weighted by Crippen LogP contribution is 2.35. The Hall–Kier alpha value is -1.85. The minimum atomic E-state index is -0.672. The van der Waals surface area contributed by atoms with Crippen LogP contribution in [0.25, 0.3) is 0 Å². The molecule has 0 N–H and O–H groups in total. The molecule has 1 aromatic carbocycles. The molecule has 1 aromatic heterocycles. The highest BCUT2D eigenvalue weighted by Gasteiger charge is 2.36. The summed E-state index contributed by atoms with van der Waals surface area (Å²) in [5, 5.41) is 0. The van der Waals surface area contributed by atoms with Crippen LogP contribution in [0.2, 0.25) is 0 Å². The van der Waals surface area contributed by atoms with Gasteiger partial charge in [-0.15, -0.1) is 0 Å². The zero-order valence-electron chi connectivity index (χ0n) is 12.2. The van der Waals surface area contributed by atoms with Crippen LogP contribution in [-0.4, -0.2) is 29.9 Å². The van der Waals surface area contributed by atoms with Crippen molar-refractivity contribution in [2.45, 2.75) is 25.2 Å². The molecule has 0 saturated carbocycles. The van der Waals surface area contributed by atoms with E-state index in [4.69, 9.17) is 14.2 Å². The van der Waals surface area contributed by atoms with Crippen molar-refractivity contribution < 1.29 is 14.2 Å². The molecular weight excluding hydrogens is 268 g/mol. The van der Waals surface area contributed by atoms with Crippen LogP contribution in [0.15, 0.2) is 43.0 Å². The van der Waals surface area contributed by atoms with Gasteiger partial charge >= 0.3 is 0 Å². The van der Waals surface area contributed by atoms with E-state index < -0.39 is 5.79 Å². The third-order valence-electron chi connectivity index (χ3n) is 3.75. The van der Waals surface area contributed by atoms with E-state index in [0.29, 0.717) is 0 Å². The van der Waals surface area contributed by atoms with Crippen LogP contribution in [0.5, 0.6) is 5.75 Å². The van der Waals surface area contributed by atoms with Gasteiger partial charge in [-0.05, 0) is 30.7 Å². The second-order valence-electron chi connectivity index (χ2n) is 5.08. The van der Waals surface area contributed by atoms with E-state index in [0.717, 1.165) is 43.9 Å². The molecule has 0 atom stereocenters. The largest absolute Gasteiger partial charge is 0.497 e. The summed E-state index contributed by atoms with van der Waals surface area (Å²) >= 11 is 0. The van der Waals surface area contributed by atoms with Gasteiger partial charge in [0.05, 0.1) is 26.7 Å². The van der Waals surface area contributed by atoms with Crippen LogP contribution in [0.3, 0.4) is 0 Å². The molecule has 0 bridgehead atoms. The van der Waals surface area contributed by atoms with Gasteiger partial charge in [0.15, 0.2) is 5.79 Å². The van der Waals surface area contributed by atoms with Crippen LogP contribution >= 0.6 is 0 Å². The first-order chi connectivity index (χ1) is 10.3. The van der Waals surface area contributed by atoms with Gasteiger partial charge in [0.2, 0.25) is 0 Å². The molecule has 1 saturated heterocycles. The summed E-state index contributed by atoms with van der Waals surface area (Å²) in [5.41, 5.74) is 1.03. The summed E-state index contributed by atoms with van der Waals surface area (Å²) in [4.78, 5) is 4.07. The number of rotatable bonds is 5. The molecule has 1 aliphatic rings. The fourth-order valence-electron chi connectivity index (χ4n) is 2.57. The Labute approximate surface area is 124 Å². The maximum Gasteiger partial charge on any atom is 0.196 e. The third kappa shape index (κ3) is 3.09. The minimum Gasteiger partial charge on any atom is -0.497 e. The van der Waals surface area contributed by atoms with Crippen molar-refractivity contribution in [1.82, 2.24) is 9.55 Å². The smallest absolute Gasteiger partial charge is 0.196 e. The van der Waals surface area contributed by atoms with E-state index in [9.17, 15) is 0 Å². The van der Waals surface area contributed by atoms with E-state index in [1.165, 1.54) is 0 Å². The van der Waals surface area contributed by atoms with Gasteiger partial charge in [-0.25, -0.2) is 4.98 Å². The van der Waals surface area contributed by atoms with Gasteiger partial charge in [-0.2, -0.15) is 0 Å². The number of aryl methyl sites for hydroxylation is 1. The SMILES string of the molecule is COc1ccc(C2(CCn3ccnc3)OCCCO2)cc1. The molecular formula is C16H20N2O3. The summed E-state index contributed by atoms with van der Waals surface area (Å²) < 4.78 is 19.3. The van der Waals surface area contributed by atoms with E-state index in [-0.39, 0.29) is 0 Å². The lowest BCUT2D eigenvalue weighted by molar-refractivity contribution is -0.281. The van der Waals surface area contributed by atoms with Crippen molar-refractivity contribution >= 4 is 0 Å². The van der Waals surface area contributed by atoms with Crippen LogP contribution in [0.4, 0.5) is 0 Å². The van der Waals surface area contributed by atoms with Crippen LogP contribution in [0, 0.1) is 0 Å². The minimum absolute atomic E-state index is 0.672. The third-order valence-corrected chi connectivity index (χ3v) is 3.75. The Morgan fingerprint density at radius 3 is 2.62 bits per heavy atom. The monoisotopic (exact) mass is 288 g/mol. The standard InChI is InChI=1S/C16H20N2O3/c1-19-15-5-3-14(4-6-15)16(20-11-2-12-21-16)7-9-18-10-8-17-13-18/h3-6,8,10,13H,2,7,9,11-12H2,1H3. The van der Waals surface area contributed by atoms with Gasteiger partial charge in [0.25, 0.3) is 0 Å². The predicted octanol–water partition coefficient (Wildman–Crippen LogP) is 2.57. The number of benzene rings is 1. The molecule has 2 heterocycles. The Morgan fingerprint density at radius 1 is 1.24 bits per heavy atom. The van der Waals surface area contributed by atoms with E-state index in [1.807, 2.05) is 41.4 Å². The zero-order valence-corrected chi connectivity index (χ0v) is 12.2. The van der Waals surface area contributed by atoms with Crippen molar-refractivity contribution in [3.63, 3.8) is 0 Å². The fraction of sp³-hybridized carbons (Fsp3) is 0.438. The second kappa shape index (κ2) is 6.28. The Bertz CT molecular complexity index is 545. The summed E-state index contributed by atoms with van der Waals surface area (Å²) in [6.07, 6.45) is 7.22. The van der Waals surface area contributed by atoms with Crippen LogP contribution < -0.4 is 4.74 Å². The molecule has 1 fully saturated rings. The lowest BCUT2D eigenvalue weighted by Gasteiger charge is -2.37. The van der Waals surface area contributed by atoms with Crippen molar-refractivity contribution in [3.05, 3.63) is 48.5 Å². The molecule has 21 heavy (non-hydrogen) atoms. The highest BCUT2D eigenvalue weighted by molar-refractivity contribution is 5.30. The van der Waals surface area contributed by atoms with Gasteiger partial charge < -0.3 is 18.8 Å². The molecule has 5 heteroatoms. The average Bonchev–Trinajstić information content (AvgIpc) is 3.07. The first-order valence-electron chi connectivity index (χ1n) is 7.21. The van der Waals surface area contributed by atoms with Crippen molar-refractivity contribution in [3.8, 4) is 5.75 Å². The fourth-order valence-corrected chi connectivity index (χ4v) is 2.57. The lowest BCUT2D eigenvalue weighted by Crippen LogP contribution is -2.39. The lowest BCUT2D eigenvalue weighted by atomic mass is 10.0. The average molecular weight is 288 g/mol. The van der Waals surface area contributed by atoms with Gasteiger partial charge in [0, 0.05) is 30.9 Å². The van der Waals surface area contributed by atoms with Gasteiger partial charge in [-0.1, -0.05) is 0 Å². The maximum atomic E-state index is 6.03. The normalized spacial score (nSPS) is 17.6. The molecule has 0 unspecified atom stereocenters. The molecule has 0 aliphatic carbocycles. The van der Waals surface area contributed by atoms with Crippen LogP contribution in [0.1, 0.15) is 18.4 Å². The van der Waals surface area contributed by atoms with Crippen molar-refractivity contribution in [2.24, 2.45) is 0 Å². The maximum absolute atomic E-state index is 6.03. The highest BCUT2D eigenvalue weighted by atomic mass is 16.7. The number of methoxy groups -OCH3 is 1. The topological polar surface area (TPSA) is 45.5 Å². The number of hydrogen-bond acceptors (Lipinski definition) is 4. The summed E-state index contributed by atoms with van der Waals surface area (Å²) in [6.45, 7) is 2.23. The Balaban J connectivity index is 1.81. The number of aromatic nitrogens is 2. The molecule has 3 rings (SSSR count). The van der Waals surface area contributed by atoms with Crippen LogP contribution in [-0.2, 0) is 21.8 Å². The number of imidazole rings is 1. The van der Waals surface area contributed by atoms with E-state index in [2.05, 4.69) is 4.98 Å².